The second kappa shape index (κ2) is 9.53. The van der Waals surface area contributed by atoms with Crippen molar-refractivity contribution in [2.24, 2.45) is 5.41 Å². The molecule has 2 fully saturated rings. The van der Waals surface area contributed by atoms with Gasteiger partial charge in [0.1, 0.15) is 5.82 Å². The molecule has 1 aromatic carbocycles. The molecular weight excluding hydrogens is 325 g/mol. The molecule has 1 amide bonds. The van der Waals surface area contributed by atoms with Crippen molar-refractivity contribution in [2.75, 3.05) is 6.54 Å². The number of amides is 1. The summed E-state index contributed by atoms with van der Waals surface area (Å²) in [6, 6.07) is 5.92. The van der Waals surface area contributed by atoms with E-state index in [0.717, 1.165) is 25.8 Å². The molecule has 1 atom stereocenters. The van der Waals surface area contributed by atoms with Crippen LogP contribution in [0.25, 0.3) is 0 Å². The lowest BCUT2D eigenvalue weighted by molar-refractivity contribution is -0.137. The Morgan fingerprint density at radius 2 is 1.73 bits per heavy atom. The van der Waals surface area contributed by atoms with Crippen LogP contribution in [0.3, 0.4) is 0 Å². The van der Waals surface area contributed by atoms with Crippen LogP contribution in [0.1, 0.15) is 84.3 Å². The molecule has 3 heteroatoms. The summed E-state index contributed by atoms with van der Waals surface area (Å²) in [7, 11) is 0. The molecule has 3 rings (SSSR count). The van der Waals surface area contributed by atoms with Gasteiger partial charge in [0.2, 0.25) is 5.91 Å². The first-order valence-corrected chi connectivity index (χ1v) is 9.56. The summed E-state index contributed by atoms with van der Waals surface area (Å²) in [6.45, 7) is 4.66. The van der Waals surface area contributed by atoms with Gasteiger partial charge in [0.05, 0.1) is 5.41 Å². The highest BCUT2D eigenvalue weighted by molar-refractivity contribution is 5.85. The van der Waals surface area contributed by atoms with E-state index in [4.69, 9.17) is 0 Å². The molecule has 1 aromatic rings. The van der Waals surface area contributed by atoms with Gasteiger partial charge >= 0.3 is 0 Å². The summed E-state index contributed by atoms with van der Waals surface area (Å²) >= 11 is 0. The predicted octanol–water partition coefficient (Wildman–Crippen LogP) is 6.30. The van der Waals surface area contributed by atoms with E-state index in [1.54, 1.807) is 13.0 Å². The van der Waals surface area contributed by atoms with Gasteiger partial charge < -0.3 is 4.90 Å². The summed E-state index contributed by atoms with van der Waals surface area (Å²) in [5.41, 5.74) is 0.903. The van der Waals surface area contributed by atoms with Crippen molar-refractivity contribution in [1.82, 2.24) is 4.90 Å². The maximum absolute atomic E-state index is 14.4. The second-order valence-electron chi connectivity index (χ2n) is 8.03. The fraction of sp³-hybridized carbons (Fsp3) is 0.696. The average Bonchev–Trinajstić information content (AvgIpc) is 2.80. The van der Waals surface area contributed by atoms with Crippen LogP contribution in [0.2, 0.25) is 0 Å². The zero-order valence-corrected chi connectivity index (χ0v) is 15.1. The van der Waals surface area contributed by atoms with Gasteiger partial charge in [0.15, 0.2) is 0 Å². The van der Waals surface area contributed by atoms with E-state index in [0.29, 0.717) is 23.6 Å². The number of halogens is 1. The first kappa shape index (κ1) is 22.7. The molecule has 1 saturated heterocycles. The number of carbonyl (C=O) groups excluding carboxylic acids is 1. The monoisotopic (exact) mass is 363 g/mol. The second-order valence-corrected chi connectivity index (χ2v) is 8.03. The number of likely N-dealkylation sites (tertiary alicyclic amines) is 1. The molecule has 0 bridgehead atoms. The molecule has 0 spiro atoms. The van der Waals surface area contributed by atoms with E-state index >= 15 is 0 Å². The lowest BCUT2D eigenvalue weighted by Gasteiger charge is -2.31. The Morgan fingerprint density at radius 1 is 1.12 bits per heavy atom. The molecule has 1 aliphatic carbocycles. The van der Waals surface area contributed by atoms with Crippen molar-refractivity contribution in [3.05, 3.63) is 35.1 Å². The third-order valence-corrected chi connectivity index (χ3v) is 6.05. The first-order chi connectivity index (χ1) is 11.5. The normalized spacial score (nSPS) is 24.4. The summed E-state index contributed by atoms with van der Waals surface area (Å²) in [6.07, 6.45) is 10.0. The van der Waals surface area contributed by atoms with E-state index in [2.05, 4.69) is 4.90 Å². The lowest BCUT2D eigenvalue weighted by Crippen LogP contribution is -2.41. The van der Waals surface area contributed by atoms with Crippen molar-refractivity contribution < 1.29 is 9.18 Å². The number of benzene rings is 1. The van der Waals surface area contributed by atoms with Gasteiger partial charge in [0, 0.05) is 12.6 Å². The third kappa shape index (κ3) is 4.66. The van der Waals surface area contributed by atoms with Crippen molar-refractivity contribution >= 4 is 5.91 Å². The minimum absolute atomic E-state index is 0. The summed E-state index contributed by atoms with van der Waals surface area (Å²) < 4.78 is 14.4. The highest BCUT2D eigenvalue weighted by Gasteiger charge is 2.45. The summed E-state index contributed by atoms with van der Waals surface area (Å²) in [5, 5.41) is 0. The Kier molecular flexibility index (Phi) is 8.30. The number of hydrogen-bond donors (Lipinski definition) is 0. The average molecular weight is 364 g/mol. The zero-order chi connectivity index (χ0) is 17.2. The third-order valence-electron chi connectivity index (χ3n) is 6.05. The SMILES string of the molecule is C.C.Cc1cccc(CC2(C)CCN(C3CCCCCCC3)C2=O)c1F. The largest absolute Gasteiger partial charge is 0.339 e. The van der Waals surface area contributed by atoms with E-state index in [1.807, 2.05) is 19.1 Å². The van der Waals surface area contributed by atoms with Crippen LogP contribution in [0.4, 0.5) is 4.39 Å². The number of rotatable bonds is 3. The van der Waals surface area contributed by atoms with Crippen LogP contribution in [-0.2, 0) is 11.2 Å². The van der Waals surface area contributed by atoms with Gasteiger partial charge in [-0.05, 0) is 43.7 Å². The molecule has 1 aliphatic heterocycles. The Morgan fingerprint density at radius 3 is 2.38 bits per heavy atom. The van der Waals surface area contributed by atoms with Crippen molar-refractivity contribution in [3.8, 4) is 0 Å². The molecule has 2 nitrogen and oxygen atoms in total. The maximum atomic E-state index is 14.4. The minimum Gasteiger partial charge on any atom is -0.339 e. The Labute approximate surface area is 160 Å². The fourth-order valence-electron chi connectivity index (χ4n) is 4.45. The van der Waals surface area contributed by atoms with Gasteiger partial charge in [-0.25, -0.2) is 4.39 Å². The molecule has 2 aliphatic rings. The van der Waals surface area contributed by atoms with Gasteiger partial charge in [-0.15, -0.1) is 0 Å². The standard InChI is InChI=1S/C21H30FNO.2CH4/c1-16-9-8-10-17(19(16)22)15-21(2)13-14-23(20(21)24)18-11-6-4-3-5-7-12-18;;/h8-10,18H,3-7,11-15H2,1-2H3;2*1H4. The first-order valence-electron chi connectivity index (χ1n) is 9.56. The van der Waals surface area contributed by atoms with Gasteiger partial charge in [0.25, 0.3) is 0 Å². The van der Waals surface area contributed by atoms with Crippen LogP contribution >= 0.6 is 0 Å². The predicted molar refractivity (Wildman–Crippen MR) is 109 cm³/mol. The van der Waals surface area contributed by atoms with Gasteiger partial charge in [-0.1, -0.05) is 72.1 Å². The van der Waals surface area contributed by atoms with Crippen LogP contribution in [0.15, 0.2) is 18.2 Å². The highest BCUT2D eigenvalue weighted by atomic mass is 19.1. The summed E-state index contributed by atoms with van der Waals surface area (Å²) in [4.78, 5) is 15.3. The molecular formula is C23H38FNO. The van der Waals surface area contributed by atoms with E-state index in [9.17, 15) is 9.18 Å². The number of nitrogens with zero attached hydrogens (tertiary/aromatic N) is 1. The van der Waals surface area contributed by atoms with E-state index in [-0.39, 0.29) is 26.6 Å². The number of carbonyl (C=O) groups is 1. The topological polar surface area (TPSA) is 20.3 Å². The van der Waals surface area contributed by atoms with Crippen molar-refractivity contribution in [1.29, 1.82) is 0 Å². The van der Waals surface area contributed by atoms with Crippen LogP contribution < -0.4 is 0 Å². The summed E-state index contributed by atoms with van der Waals surface area (Å²) in [5.74, 6) is 0.102. The quantitative estimate of drug-likeness (QED) is 0.617. The minimum atomic E-state index is -0.447. The Balaban J connectivity index is 0.00000169. The molecule has 0 aromatic heterocycles. The lowest BCUT2D eigenvalue weighted by atomic mass is 9.81. The Hall–Kier alpha value is -1.38. The molecule has 26 heavy (non-hydrogen) atoms. The van der Waals surface area contributed by atoms with E-state index in [1.165, 1.54) is 32.1 Å². The van der Waals surface area contributed by atoms with Gasteiger partial charge in [-0.3, -0.25) is 4.79 Å². The molecule has 148 valence electrons. The Bertz CT molecular complexity index is 592. The van der Waals surface area contributed by atoms with Crippen molar-refractivity contribution in [2.45, 2.75) is 92.5 Å². The van der Waals surface area contributed by atoms with Crippen LogP contribution in [0.5, 0.6) is 0 Å². The molecule has 0 radical (unpaired) electrons. The molecule has 1 saturated carbocycles. The molecule has 0 N–H and O–H groups in total. The van der Waals surface area contributed by atoms with Crippen LogP contribution in [0, 0.1) is 18.2 Å². The fourth-order valence-corrected chi connectivity index (χ4v) is 4.45. The molecule has 1 heterocycles. The van der Waals surface area contributed by atoms with E-state index < -0.39 is 5.41 Å². The number of aryl methyl sites for hydroxylation is 1. The smallest absolute Gasteiger partial charge is 0.229 e. The van der Waals surface area contributed by atoms with Crippen LogP contribution in [-0.4, -0.2) is 23.4 Å². The van der Waals surface area contributed by atoms with Crippen molar-refractivity contribution in [3.63, 3.8) is 0 Å². The highest BCUT2D eigenvalue weighted by Crippen LogP contribution is 2.38. The maximum Gasteiger partial charge on any atom is 0.229 e. The molecule has 1 unspecified atom stereocenters. The zero-order valence-electron chi connectivity index (χ0n) is 15.1. The van der Waals surface area contributed by atoms with Gasteiger partial charge in [-0.2, -0.15) is 0 Å². The number of hydrogen-bond acceptors (Lipinski definition) is 1.